The zero-order chi connectivity index (χ0) is 14.6. The van der Waals surface area contributed by atoms with Gasteiger partial charge in [-0.15, -0.1) is 0 Å². The van der Waals surface area contributed by atoms with Gasteiger partial charge in [0.2, 0.25) is 10.0 Å². The summed E-state index contributed by atoms with van der Waals surface area (Å²) in [6.45, 7) is 1.55. The molecule has 1 saturated heterocycles. The molecule has 1 aromatic carbocycles. The quantitative estimate of drug-likeness (QED) is 0.888. The lowest BCUT2D eigenvalue weighted by atomic mass is 10.2. The maximum atomic E-state index is 12.3. The van der Waals surface area contributed by atoms with Gasteiger partial charge in [-0.25, -0.2) is 13.1 Å². The fourth-order valence-electron chi connectivity index (χ4n) is 2.16. The Morgan fingerprint density at radius 2 is 2.20 bits per heavy atom. The van der Waals surface area contributed by atoms with Crippen molar-refractivity contribution in [2.24, 2.45) is 0 Å². The van der Waals surface area contributed by atoms with E-state index in [4.69, 9.17) is 16.9 Å². The minimum Gasteiger partial charge on any atom is -0.315 e. The Labute approximate surface area is 124 Å². The minimum absolute atomic E-state index is 0.0887. The lowest BCUT2D eigenvalue weighted by Crippen LogP contribution is -2.40. The normalized spacial score (nSPS) is 20.1. The van der Waals surface area contributed by atoms with E-state index < -0.39 is 10.0 Å². The molecule has 0 saturated carbocycles. The molecule has 1 unspecified atom stereocenters. The molecule has 1 aliphatic rings. The standard InChI is InChI=1S/C13H16ClN3O2S/c14-13-7-12(5-4-10(13)8-15)20(18,19)17-11-3-1-2-6-16-9-11/h4-5,7,11,16-17H,1-3,6,9H2. The number of nitrogens with zero attached hydrogens (tertiary/aromatic N) is 1. The summed E-state index contributed by atoms with van der Waals surface area (Å²) < 4.78 is 27.3. The molecule has 2 N–H and O–H groups in total. The van der Waals surface area contributed by atoms with Gasteiger partial charge in [0.15, 0.2) is 0 Å². The SMILES string of the molecule is N#Cc1ccc(S(=O)(=O)NC2CCCCNC2)cc1Cl. The summed E-state index contributed by atoms with van der Waals surface area (Å²) in [5, 5.41) is 12.1. The monoisotopic (exact) mass is 313 g/mol. The van der Waals surface area contributed by atoms with Crippen molar-refractivity contribution in [2.45, 2.75) is 30.2 Å². The minimum atomic E-state index is -3.61. The third-order valence-electron chi connectivity index (χ3n) is 3.24. The number of hydrogen-bond donors (Lipinski definition) is 2. The fraction of sp³-hybridized carbons (Fsp3) is 0.462. The first-order valence-electron chi connectivity index (χ1n) is 6.45. The highest BCUT2D eigenvalue weighted by Gasteiger charge is 2.21. The van der Waals surface area contributed by atoms with Crippen LogP contribution in [0.3, 0.4) is 0 Å². The van der Waals surface area contributed by atoms with Crippen molar-refractivity contribution in [3.63, 3.8) is 0 Å². The van der Waals surface area contributed by atoms with E-state index >= 15 is 0 Å². The zero-order valence-electron chi connectivity index (χ0n) is 10.9. The van der Waals surface area contributed by atoms with Crippen LogP contribution in [0.5, 0.6) is 0 Å². The second-order valence-corrected chi connectivity index (χ2v) is 6.89. The van der Waals surface area contributed by atoms with Gasteiger partial charge in [0.1, 0.15) is 6.07 Å². The van der Waals surface area contributed by atoms with E-state index in [1.54, 1.807) is 0 Å². The van der Waals surface area contributed by atoms with Crippen molar-refractivity contribution in [1.29, 1.82) is 5.26 Å². The van der Waals surface area contributed by atoms with E-state index in [0.29, 0.717) is 6.54 Å². The summed E-state index contributed by atoms with van der Waals surface area (Å²) >= 11 is 5.88. The molecular weight excluding hydrogens is 298 g/mol. The van der Waals surface area contributed by atoms with E-state index in [2.05, 4.69) is 10.0 Å². The number of rotatable bonds is 3. The highest BCUT2D eigenvalue weighted by atomic mass is 35.5. The molecule has 1 heterocycles. The maximum Gasteiger partial charge on any atom is 0.240 e. The van der Waals surface area contributed by atoms with Crippen molar-refractivity contribution >= 4 is 21.6 Å². The van der Waals surface area contributed by atoms with Crippen LogP contribution in [-0.4, -0.2) is 27.5 Å². The molecule has 7 heteroatoms. The maximum absolute atomic E-state index is 12.3. The number of nitriles is 1. The average Bonchev–Trinajstić information content (AvgIpc) is 2.66. The van der Waals surface area contributed by atoms with Gasteiger partial charge in [-0.2, -0.15) is 5.26 Å². The molecular formula is C13H16ClN3O2S. The van der Waals surface area contributed by atoms with Gasteiger partial charge in [-0.05, 0) is 37.6 Å². The molecule has 0 aliphatic carbocycles. The predicted molar refractivity (Wildman–Crippen MR) is 77.0 cm³/mol. The van der Waals surface area contributed by atoms with Crippen LogP contribution in [0, 0.1) is 11.3 Å². The Kier molecular flexibility index (Phi) is 5.00. The predicted octanol–water partition coefficient (Wildman–Crippen LogP) is 1.63. The first-order valence-corrected chi connectivity index (χ1v) is 8.32. The zero-order valence-corrected chi connectivity index (χ0v) is 12.5. The molecule has 1 aliphatic heterocycles. The summed E-state index contributed by atoms with van der Waals surface area (Å²) in [5.74, 6) is 0. The van der Waals surface area contributed by atoms with Crippen LogP contribution in [0.15, 0.2) is 23.1 Å². The van der Waals surface area contributed by atoms with Crippen LogP contribution in [0.25, 0.3) is 0 Å². The molecule has 1 aromatic rings. The first kappa shape index (κ1) is 15.3. The van der Waals surface area contributed by atoms with Gasteiger partial charge in [0, 0.05) is 12.6 Å². The summed E-state index contributed by atoms with van der Waals surface area (Å²) in [4.78, 5) is 0.0887. The van der Waals surface area contributed by atoms with Crippen LogP contribution in [0.4, 0.5) is 0 Å². The molecule has 1 fully saturated rings. The number of nitrogens with one attached hydrogen (secondary N) is 2. The summed E-state index contributed by atoms with van der Waals surface area (Å²) in [7, 11) is -3.61. The Bertz CT molecular complexity index is 617. The molecule has 2 rings (SSSR count). The third-order valence-corrected chi connectivity index (χ3v) is 5.07. The van der Waals surface area contributed by atoms with Gasteiger partial charge >= 0.3 is 0 Å². The van der Waals surface area contributed by atoms with E-state index in [9.17, 15) is 8.42 Å². The molecule has 0 amide bonds. The second-order valence-electron chi connectivity index (χ2n) is 4.77. The van der Waals surface area contributed by atoms with Crippen LogP contribution in [0.2, 0.25) is 5.02 Å². The topological polar surface area (TPSA) is 82.0 Å². The van der Waals surface area contributed by atoms with Gasteiger partial charge in [-0.3, -0.25) is 0 Å². The number of hydrogen-bond acceptors (Lipinski definition) is 4. The molecule has 20 heavy (non-hydrogen) atoms. The molecule has 5 nitrogen and oxygen atoms in total. The van der Waals surface area contributed by atoms with Crippen LogP contribution >= 0.6 is 11.6 Å². The third kappa shape index (κ3) is 3.70. The molecule has 0 aromatic heterocycles. The molecule has 108 valence electrons. The fourth-order valence-corrected chi connectivity index (χ4v) is 3.74. The smallest absolute Gasteiger partial charge is 0.240 e. The highest BCUT2D eigenvalue weighted by molar-refractivity contribution is 7.89. The van der Waals surface area contributed by atoms with E-state index in [-0.39, 0.29) is 21.5 Å². The van der Waals surface area contributed by atoms with Crippen molar-refractivity contribution in [3.8, 4) is 6.07 Å². The van der Waals surface area contributed by atoms with Crippen LogP contribution in [0.1, 0.15) is 24.8 Å². The van der Waals surface area contributed by atoms with E-state index in [1.165, 1.54) is 18.2 Å². The Hall–Kier alpha value is -1.13. The van der Waals surface area contributed by atoms with Gasteiger partial charge in [0.25, 0.3) is 0 Å². The van der Waals surface area contributed by atoms with Gasteiger partial charge in [0.05, 0.1) is 15.5 Å². The number of benzene rings is 1. The van der Waals surface area contributed by atoms with Gasteiger partial charge < -0.3 is 5.32 Å². The molecule has 0 spiro atoms. The highest BCUT2D eigenvalue weighted by Crippen LogP contribution is 2.20. The molecule has 0 bridgehead atoms. The number of sulfonamides is 1. The number of halogens is 1. The Balaban J connectivity index is 2.17. The van der Waals surface area contributed by atoms with Crippen molar-refractivity contribution in [2.75, 3.05) is 13.1 Å². The first-order chi connectivity index (χ1) is 9.53. The Morgan fingerprint density at radius 1 is 1.40 bits per heavy atom. The lowest BCUT2D eigenvalue weighted by Gasteiger charge is -2.16. The molecule has 1 atom stereocenters. The molecule has 0 radical (unpaired) electrons. The van der Waals surface area contributed by atoms with E-state index in [1.807, 2.05) is 6.07 Å². The van der Waals surface area contributed by atoms with Crippen molar-refractivity contribution in [1.82, 2.24) is 10.0 Å². The van der Waals surface area contributed by atoms with Crippen molar-refractivity contribution < 1.29 is 8.42 Å². The lowest BCUT2D eigenvalue weighted by molar-refractivity contribution is 0.521. The van der Waals surface area contributed by atoms with Crippen LogP contribution < -0.4 is 10.0 Å². The van der Waals surface area contributed by atoms with Crippen molar-refractivity contribution in [3.05, 3.63) is 28.8 Å². The van der Waals surface area contributed by atoms with E-state index in [0.717, 1.165) is 25.8 Å². The second kappa shape index (κ2) is 6.55. The van der Waals surface area contributed by atoms with Gasteiger partial charge in [-0.1, -0.05) is 18.0 Å². The average molecular weight is 314 g/mol. The van der Waals surface area contributed by atoms with Crippen LogP contribution in [-0.2, 0) is 10.0 Å². The largest absolute Gasteiger partial charge is 0.315 e. The summed E-state index contributed by atoms with van der Waals surface area (Å²) in [6, 6.07) is 5.92. The Morgan fingerprint density at radius 3 is 2.90 bits per heavy atom. The summed E-state index contributed by atoms with van der Waals surface area (Å²) in [6.07, 6.45) is 2.87. The summed E-state index contributed by atoms with van der Waals surface area (Å²) in [5.41, 5.74) is 0.266.